The highest BCUT2D eigenvalue weighted by Crippen LogP contribution is 2.55. The molecule has 0 aliphatic carbocycles. The first-order chi connectivity index (χ1) is 10.3. The molecule has 0 saturated carbocycles. The number of hydrogen-bond donors (Lipinski definition) is 1. The summed E-state index contributed by atoms with van der Waals surface area (Å²) in [4.78, 5) is 2.69. The first-order valence-electron chi connectivity index (χ1n) is 7.51. The second-order valence-electron chi connectivity index (χ2n) is 5.77. The fourth-order valence-electron chi connectivity index (χ4n) is 3.76. The van der Waals surface area contributed by atoms with Crippen molar-refractivity contribution in [1.29, 1.82) is 0 Å². The van der Waals surface area contributed by atoms with Gasteiger partial charge in [-0.15, -0.1) is 0 Å². The van der Waals surface area contributed by atoms with Crippen LogP contribution in [0.25, 0.3) is 0 Å². The van der Waals surface area contributed by atoms with E-state index in [1.807, 2.05) is 11.8 Å². The Labute approximate surface area is 129 Å². The first-order valence-corrected chi connectivity index (χ1v) is 8.32. The molecule has 4 rings (SSSR count). The SMILES string of the molecule is COc1cccc2c1Sc1ccccc1C21CCNCC1. The van der Waals surface area contributed by atoms with E-state index >= 15 is 0 Å². The summed E-state index contributed by atoms with van der Waals surface area (Å²) in [5.74, 6) is 1.00. The average Bonchev–Trinajstić information content (AvgIpc) is 2.56. The molecule has 0 aromatic heterocycles. The zero-order valence-corrected chi connectivity index (χ0v) is 13.0. The summed E-state index contributed by atoms with van der Waals surface area (Å²) in [7, 11) is 1.77. The Morgan fingerprint density at radius 2 is 1.76 bits per heavy atom. The highest BCUT2D eigenvalue weighted by Gasteiger charge is 2.42. The predicted molar refractivity (Wildman–Crippen MR) is 86.4 cm³/mol. The maximum atomic E-state index is 5.63. The van der Waals surface area contributed by atoms with Crippen LogP contribution in [0.4, 0.5) is 0 Å². The lowest BCUT2D eigenvalue weighted by Gasteiger charge is -2.43. The van der Waals surface area contributed by atoms with Crippen LogP contribution in [0.1, 0.15) is 24.0 Å². The number of hydrogen-bond acceptors (Lipinski definition) is 3. The minimum Gasteiger partial charge on any atom is -0.496 e. The smallest absolute Gasteiger partial charge is 0.133 e. The van der Waals surface area contributed by atoms with Crippen molar-refractivity contribution in [2.75, 3.05) is 20.2 Å². The van der Waals surface area contributed by atoms with Gasteiger partial charge in [-0.1, -0.05) is 42.1 Å². The number of ether oxygens (including phenoxy) is 1. The number of piperidine rings is 1. The van der Waals surface area contributed by atoms with Crippen molar-refractivity contribution in [3.63, 3.8) is 0 Å². The Morgan fingerprint density at radius 1 is 1.00 bits per heavy atom. The van der Waals surface area contributed by atoms with Gasteiger partial charge in [0.2, 0.25) is 0 Å². The average molecular weight is 297 g/mol. The van der Waals surface area contributed by atoms with Crippen molar-refractivity contribution >= 4 is 11.8 Å². The van der Waals surface area contributed by atoms with Crippen LogP contribution in [-0.4, -0.2) is 20.2 Å². The monoisotopic (exact) mass is 297 g/mol. The standard InChI is InChI=1S/C18H19NOS/c1-20-15-7-4-6-14-17(15)21-16-8-3-2-5-13(16)18(14)9-11-19-12-10-18/h2-8,19H,9-12H2,1H3. The van der Waals surface area contributed by atoms with E-state index in [2.05, 4.69) is 47.8 Å². The summed E-state index contributed by atoms with van der Waals surface area (Å²) in [6.07, 6.45) is 2.31. The lowest BCUT2D eigenvalue weighted by Crippen LogP contribution is -2.42. The van der Waals surface area contributed by atoms with Crippen LogP contribution in [0.2, 0.25) is 0 Å². The van der Waals surface area contributed by atoms with E-state index in [1.54, 1.807) is 7.11 Å². The number of methoxy groups -OCH3 is 1. The van der Waals surface area contributed by atoms with Gasteiger partial charge in [-0.3, -0.25) is 0 Å². The van der Waals surface area contributed by atoms with Crippen LogP contribution in [0.3, 0.4) is 0 Å². The third-order valence-corrected chi connectivity index (χ3v) is 5.99. The quantitative estimate of drug-likeness (QED) is 0.864. The predicted octanol–water partition coefficient (Wildman–Crippen LogP) is 3.83. The molecule has 1 N–H and O–H groups in total. The largest absolute Gasteiger partial charge is 0.496 e. The molecule has 3 heteroatoms. The molecule has 1 spiro atoms. The van der Waals surface area contributed by atoms with Gasteiger partial charge in [0.15, 0.2) is 0 Å². The van der Waals surface area contributed by atoms with Crippen molar-refractivity contribution in [1.82, 2.24) is 5.32 Å². The van der Waals surface area contributed by atoms with Gasteiger partial charge in [0, 0.05) is 10.3 Å². The Balaban J connectivity index is 1.98. The van der Waals surface area contributed by atoms with Crippen LogP contribution in [0.5, 0.6) is 5.75 Å². The van der Waals surface area contributed by atoms with Crippen molar-refractivity contribution in [3.8, 4) is 5.75 Å². The summed E-state index contributed by atoms with van der Waals surface area (Å²) >= 11 is 1.86. The summed E-state index contributed by atoms with van der Waals surface area (Å²) in [5.41, 5.74) is 3.10. The minimum absolute atomic E-state index is 0.150. The van der Waals surface area contributed by atoms with Crippen LogP contribution in [0, 0.1) is 0 Å². The topological polar surface area (TPSA) is 21.3 Å². The van der Waals surface area contributed by atoms with E-state index in [1.165, 1.54) is 20.9 Å². The summed E-state index contributed by atoms with van der Waals surface area (Å²) in [6, 6.07) is 15.4. The molecule has 1 saturated heterocycles. The number of benzene rings is 2. The van der Waals surface area contributed by atoms with Crippen molar-refractivity contribution < 1.29 is 4.74 Å². The molecule has 0 atom stereocenters. The summed E-state index contributed by atoms with van der Waals surface area (Å²) in [5, 5.41) is 3.51. The summed E-state index contributed by atoms with van der Waals surface area (Å²) in [6.45, 7) is 2.16. The van der Waals surface area contributed by atoms with Gasteiger partial charge in [0.1, 0.15) is 5.75 Å². The van der Waals surface area contributed by atoms with Crippen LogP contribution in [-0.2, 0) is 5.41 Å². The number of nitrogens with one attached hydrogen (secondary N) is 1. The van der Waals surface area contributed by atoms with Crippen molar-refractivity contribution in [2.45, 2.75) is 28.0 Å². The molecule has 2 nitrogen and oxygen atoms in total. The van der Waals surface area contributed by atoms with E-state index in [-0.39, 0.29) is 5.41 Å². The van der Waals surface area contributed by atoms with E-state index in [9.17, 15) is 0 Å². The Morgan fingerprint density at radius 3 is 2.57 bits per heavy atom. The molecule has 2 aromatic carbocycles. The molecule has 2 aliphatic rings. The van der Waals surface area contributed by atoms with Gasteiger partial charge >= 0.3 is 0 Å². The van der Waals surface area contributed by atoms with E-state index in [4.69, 9.17) is 4.74 Å². The molecule has 2 aromatic rings. The zero-order valence-electron chi connectivity index (χ0n) is 12.2. The molecule has 0 amide bonds. The highest BCUT2D eigenvalue weighted by atomic mass is 32.2. The second kappa shape index (κ2) is 5.08. The fraction of sp³-hybridized carbons (Fsp3) is 0.333. The van der Waals surface area contributed by atoms with Gasteiger partial charge in [0.05, 0.1) is 12.0 Å². The zero-order chi connectivity index (χ0) is 14.3. The molecule has 0 bridgehead atoms. The van der Waals surface area contributed by atoms with Crippen LogP contribution < -0.4 is 10.1 Å². The maximum Gasteiger partial charge on any atom is 0.133 e. The Hall–Kier alpha value is -1.45. The lowest BCUT2D eigenvalue weighted by molar-refractivity contribution is 0.344. The lowest BCUT2D eigenvalue weighted by atomic mass is 9.68. The van der Waals surface area contributed by atoms with Gasteiger partial charge < -0.3 is 10.1 Å². The van der Waals surface area contributed by atoms with Crippen molar-refractivity contribution in [3.05, 3.63) is 53.6 Å². The highest BCUT2D eigenvalue weighted by molar-refractivity contribution is 7.99. The van der Waals surface area contributed by atoms with Crippen LogP contribution in [0.15, 0.2) is 52.3 Å². The molecular formula is C18H19NOS. The normalized spacial score (nSPS) is 18.9. The van der Waals surface area contributed by atoms with E-state index in [0.29, 0.717) is 0 Å². The van der Waals surface area contributed by atoms with E-state index < -0.39 is 0 Å². The Bertz CT molecular complexity index is 677. The van der Waals surface area contributed by atoms with Gasteiger partial charge in [-0.2, -0.15) is 0 Å². The summed E-state index contributed by atoms with van der Waals surface area (Å²) < 4.78 is 5.63. The van der Waals surface area contributed by atoms with E-state index in [0.717, 1.165) is 31.7 Å². The number of fused-ring (bicyclic) bond motifs is 4. The molecule has 108 valence electrons. The second-order valence-corrected chi connectivity index (χ2v) is 6.82. The number of rotatable bonds is 1. The molecule has 2 heterocycles. The molecule has 0 unspecified atom stereocenters. The van der Waals surface area contributed by atoms with Gasteiger partial charge in [-0.25, -0.2) is 0 Å². The molecule has 0 radical (unpaired) electrons. The first kappa shape index (κ1) is 13.2. The van der Waals surface area contributed by atoms with Gasteiger partial charge in [-0.05, 0) is 49.2 Å². The molecule has 1 fully saturated rings. The third-order valence-electron chi connectivity index (χ3n) is 4.79. The van der Waals surface area contributed by atoms with Crippen molar-refractivity contribution in [2.24, 2.45) is 0 Å². The third kappa shape index (κ3) is 1.91. The van der Waals surface area contributed by atoms with Gasteiger partial charge in [0.25, 0.3) is 0 Å². The molecular weight excluding hydrogens is 278 g/mol. The Kier molecular flexibility index (Phi) is 3.20. The molecule has 21 heavy (non-hydrogen) atoms. The minimum atomic E-state index is 0.150. The maximum absolute atomic E-state index is 5.63. The fourth-order valence-corrected chi connectivity index (χ4v) is 5.12. The van der Waals surface area contributed by atoms with Crippen LogP contribution >= 0.6 is 11.8 Å². The molecule has 2 aliphatic heterocycles.